The monoisotopic (exact) mass is 287 g/mol. The summed E-state index contributed by atoms with van der Waals surface area (Å²) in [6.07, 6.45) is 8.44. The van der Waals surface area contributed by atoms with Crippen molar-refractivity contribution >= 4 is 11.0 Å². The number of hydrogen-bond acceptors (Lipinski definition) is 4. The third-order valence-corrected chi connectivity index (χ3v) is 4.89. The van der Waals surface area contributed by atoms with Crippen LogP contribution in [0.25, 0.3) is 11.0 Å². The first-order valence-corrected chi connectivity index (χ1v) is 7.96. The highest BCUT2D eigenvalue weighted by molar-refractivity contribution is 5.72. The van der Waals surface area contributed by atoms with Gasteiger partial charge in [0.05, 0.1) is 12.7 Å². The number of H-pyrrole nitrogens is 1. The highest BCUT2D eigenvalue weighted by Gasteiger charge is 2.23. The molecule has 0 radical (unpaired) electrons. The summed E-state index contributed by atoms with van der Waals surface area (Å²) < 4.78 is 1.81. The van der Waals surface area contributed by atoms with Crippen molar-refractivity contribution in [3.05, 3.63) is 22.4 Å². The predicted octanol–water partition coefficient (Wildman–Crippen LogP) is 1.52. The molecule has 0 amide bonds. The molecule has 1 aliphatic carbocycles. The number of fused-ring (bicyclic) bond motifs is 2. The van der Waals surface area contributed by atoms with Crippen LogP contribution in [0.4, 0.5) is 0 Å². The second kappa shape index (κ2) is 5.26. The molecule has 1 aliphatic heterocycles. The predicted molar refractivity (Wildman–Crippen MR) is 80.0 cm³/mol. The first-order valence-electron chi connectivity index (χ1n) is 7.96. The van der Waals surface area contributed by atoms with Gasteiger partial charge in [0, 0.05) is 19.6 Å². The summed E-state index contributed by atoms with van der Waals surface area (Å²) in [7, 11) is 0. The Morgan fingerprint density at radius 3 is 2.95 bits per heavy atom. The number of hydrogen-bond donors (Lipinski definition) is 1. The molecule has 0 bridgehead atoms. The Balaban J connectivity index is 1.56. The number of nitrogens with zero attached hydrogens (tertiary/aromatic N) is 4. The van der Waals surface area contributed by atoms with Crippen LogP contribution >= 0.6 is 0 Å². The van der Waals surface area contributed by atoms with Gasteiger partial charge in [-0.1, -0.05) is 19.3 Å². The van der Waals surface area contributed by atoms with E-state index in [1.54, 1.807) is 6.20 Å². The van der Waals surface area contributed by atoms with E-state index in [2.05, 4.69) is 20.1 Å². The largest absolute Gasteiger partial charge is 0.294 e. The van der Waals surface area contributed by atoms with Crippen molar-refractivity contribution in [1.29, 1.82) is 0 Å². The van der Waals surface area contributed by atoms with E-state index in [0.717, 1.165) is 37.9 Å². The van der Waals surface area contributed by atoms with Crippen molar-refractivity contribution in [2.75, 3.05) is 13.1 Å². The zero-order valence-corrected chi connectivity index (χ0v) is 12.2. The summed E-state index contributed by atoms with van der Waals surface area (Å²) >= 11 is 0. The molecule has 6 nitrogen and oxygen atoms in total. The second-order valence-electron chi connectivity index (χ2n) is 6.36. The van der Waals surface area contributed by atoms with Gasteiger partial charge in [0.1, 0.15) is 11.2 Å². The Hall–Kier alpha value is -1.69. The molecule has 3 heterocycles. The smallest absolute Gasteiger partial charge is 0.264 e. The molecule has 112 valence electrons. The van der Waals surface area contributed by atoms with Gasteiger partial charge in [0.2, 0.25) is 0 Å². The van der Waals surface area contributed by atoms with E-state index in [1.807, 2.05) is 4.57 Å². The Labute approximate surface area is 123 Å². The number of aromatic nitrogens is 4. The molecule has 0 atom stereocenters. The molecule has 2 aromatic rings. The van der Waals surface area contributed by atoms with E-state index in [1.165, 1.54) is 32.1 Å². The Bertz CT molecular complexity index is 698. The minimum atomic E-state index is 0.0427. The third kappa shape index (κ3) is 2.37. The maximum absolute atomic E-state index is 12.4. The lowest BCUT2D eigenvalue weighted by Gasteiger charge is -2.33. The first kappa shape index (κ1) is 13.0. The Morgan fingerprint density at radius 1 is 1.24 bits per heavy atom. The maximum atomic E-state index is 12.4. The van der Waals surface area contributed by atoms with Gasteiger partial charge in [0.25, 0.3) is 5.56 Å². The van der Waals surface area contributed by atoms with E-state index in [9.17, 15) is 4.79 Å². The maximum Gasteiger partial charge on any atom is 0.264 e. The van der Waals surface area contributed by atoms with E-state index in [0.29, 0.717) is 11.0 Å². The molecule has 0 spiro atoms. The minimum Gasteiger partial charge on any atom is -0.294 e. The molecule has 0 aromatic carbocycles. The van der Waals surface area contributed by atoms with Gasteiger partial charge >= 0.3 is 0 Å². The van der Waals surface area contributed by atoms with E-state index < -0.39 is 0 Å². The summed E-state index contributed by atoms with van der Waals surface area (Å²) in [5.74, 6) is 1.70. The van der Waals surface area contributed by atoms with Crippen molar-refractivity contribution in [2.24, 2.45) is 5.92 Å². The summed E-state index contributed by atoms with van der Waals surface area (Å²) in [6.45, 7) is 3.63. The fourth-order valence-electron chi connectivity index (χ4n) is 3.74. The normalized spacial score (nSPS) is 20.8. The average Bonchev–Trinajstić information content (AvgIpc) is 2.97. The van der Waals surface area contributed by atoms with E-state index in [-0.39, 0.29) is 5.56 Å². The molecule has 0 saturated heterocycles. The lowest BCUT2D eigenvalue weighted by atomic mass is 9.89. The van der Waals surface area contributed by atoms with Crippen molar-refractivity contribution in [3.63, 3.8) is 0 Å². The molecule has 2 aromatic heterocycles. The zero-order chi connectivity index (χ0) is 14.2. The molecule has 4 rings (SSSR count). The molecular formula is C15H21N5O. The number of aromatic amines is 1. The summed E-state index contributed by atoms with van der Waals surface area (Å²) in [5, 5.41) is 7.34. The van der Waals surface area contributed by atoms with E-state index in [4.69, 9.17) is 0 Å². The lowest BCUT2D eigenvalue weighted by molar-refractivity contribution is 0.162. The minimum absolute atomic E-state index is 0.0427. The third-order valence-electron chi connectivity index (χ3n) is 4.89. The molecule has 1 saturated carbocycles. The van der Waals surface area contributed by atoms with Crippen LogP contribution in [-0.2, 0) is 13.1 Å². The van der Waals surface area contributed by atoms with Crippen molar-refractivity contribution in [2.45, 2.75) is 45.2 Å². The molecule has 21 heavy (non-hydrogen) atoms. The van der Waals surface area contributed by atoms with E-state index >= 15 is 0 Å². The van der Waals surface area contributed by atoms with Gasteiger partial charge in [-0.05, 0) is 18.8 Å². The average molecular weight is 287 g/mol. The lowest BCUT2D eigenvalue weighted by Crippen LogP contribution is -2.42. The number of rotatable bonds is 2. The summed E-state index contributed by atoms with van der Waals surface area (Å²) in [6, 6.07) is 0. The van der Waals surface area contributed by atoms with Gasteiger partial charge in [-0.2, -0.15) is 5.10 Å². The van der Waals surface area contributed by atoms with Crippen LogP contribution < -0.4 is 5.56 Å². The molecule has 0 unspecified atom stereocenters. The van der Waals surface area contributed by atoms with Gasteiger partial charge in [0.15, 0.2) is 5.65 Å². The van der Waals surface area contributed by atoms with Crippen LogP contribution in [0, 0.1) is 5.92 Å². The molecule has 6 heteroatoms. The quantitative estimate of drug-likeness (QED) is 0.909. The van der Waals surface area contributed by atoms with Crippen LogP contribution in [0.5, 0.6) is 0 Å². The molecule has 2 aliphatic rings. The fraction of sp³-hybridized carbons (Fsp3) is 0.667. The van der Waals surface area contributed by atoms with Crippen molar-refractivity contribution < 1.29 is 0 Å². The molecule has 1 N–H and O–H groups in total. The fourth-order valence-corrected chi connectivity index (χ4v) is 3.74. The van der Waals surface area contributed by atoms with Crippen LogP contribution in [-0.4, -0.2) is 37.7 Å². The van der Waals surface area contributed by atoms with Crippen LogP contribution in [0.15, 0.2) is 11.0 Å². The standard InChI is InChI=1S/C15H21N5O/c21-15-12-8-16-18-14(12)17-13-10-19(6-7-20(13)15)9-11-4-2-1-3-5-11/h8,11H,1-7,9-10H2,(H,16,18). The summed E-state index contributed by atoms with van der Waals surface area (Å²) in [4.78, 5) is 19.4. The number of nitrogens with one attached hydrogen (secondary N) is 1. The van der Waals surface area contributed by atoms with Crippen LogP contribution in [0.3, 0.4) is 0 Å². The van der Waals surface area contributed by atoms with Gasteiger partial charge in [-0.15, -0.1) is 0 Å². The molecular weight excluding hydrogens is 266 g/mol. The summed E-state index contributed by atoms with van der Waals surface area (Å²) in [5.41, 5.74) is 0.659. The highest BCUT2D eigenvalue weighted by Crippen LogP contribution is 2.25. The van der Waals surface area contributed by atoms with Crippen LogP contribution in [0.1, 0.15) is 37.9 Å². The molecule has 1 fully saturated rings. The first-order chi connectivity index (χ1) is 10.3. The van der Waals surface area contributed by atoms with Crippen LogP contribution in [0.2, 0.25) is 0 Å². The Kier molecular flexibility index (Phi) is 3.25. The highest BCUT2D eigenvalue weighted by atomic mass is 16.1. The van der Waals surface area contributed by atoms with Gasteiger partial charge in [-0.25, -0.2) is 4.98 Å². The van der Waals surface area contributed by atoms with Gasteiger partial charge < -0.3 is 0 Å². The topological polar surface area (TPSA) is 66.8 Å². The zero-order valence-electron chi connectivity index (χ0n) is 12.2. The Morgan fingerprint density at radius 2 is 2.10 bits per heavy atom. The van der Waals surface area contributed by atoms with Crippen molar-refractivity contribution in [3.8, 4) is 0 Å². The van der Waals surface area contributed by atoms with Gasteiger partial charge in [-0.3, -0.25) is 19.4 Å². The second-order valence-corrected chi connectivity index (χ2v) is 6.36. The SMILES string of the molecule is O=c1c2cn[nH]c2nc2n1CCN(CC1CCCCC1)C2. The van der Waals surface area contributed by atoms with Crippen molar-refractivity contribution in [1.82, 2.24) is 24.6 Å².